The number of hydrogen-bond donors (Lipinski definition) is 1. The molecule has 0 bridgehead atoms. The summed E-state index contributed by atoms with van der Waals surface area (Å²) in [7, 11) is 0. The van der Waals surface area contributed by atoms with Gasteiger partial charge in [-0.05, 0) is 26.0 Å². The van der Waals surface area contributed by atoms with Crippen LogP contribution >= 0.6 is 23.2 Å². The van der Waals surface area contributed by atoms with Gasteiger partial charge in [-0.15, -0.1) is 0 Å². The maximum Gasteiger partial charge on any atom is 0.340 e. The van der Waals surface area contributed by atoms with Crippen molar-refractivity contribution < 1.29 is 9.53 Å². The molecule has 0 unspecified atom stereocenters. The van der Waals surface area contributed by atoms with Crippen LogP contribution in [0.25, 0.3) is 0 Å². The summed E-state index contributed by atoms with van der Waals surface area (Å²) < 4.78 is 4.99. The van der Waals surface area contributed by atoms with E-state index in [1.165, 1.54) is 12.1 Å². The Hall–Kier alpha value is -0.930. The van der Waals surface area contributed by atoms with E-state index in [0.717, 1.165) is 0 Å². The maximum absolute atomic E-state index is 11.5. The molecule has 0 fully saturated rings. The summed E-state index contributed by atoms with van der Waals surface area (Å²) in [4.78, 5) is 11.5. The van der Waals surface area contributed by atoms with Gasteiger partial charge in [0.1, 0.15) is 0 Å². The van der Waals surface area contributed by atoms with Crippen molar-refractivity contribution in [3.05, 3.63) is 27.7 Å². The monoisotopic (exact) mass is 247 g/mol. The highest BCUT2D eigenvalue weighted by Gasteiger charge is 2.16. The number of nitrogen functional groups attached to an aromatic ring is 1. The molecule has 0 aromatic heterocycles. The average molecular weight is 248 g/mol. The van der Waals surface area contributed by atoms with Crippen LogP contribution in [-0.4, -0.2) is 12.1 Å². The lowest BCUT2D eigenvalue weighted by Crippen LogP contribution is -2.13. The lowest BCUT2D eigenvalue weighted by Gasteiger charge is -2.10. The Kier molecular flexibility index (Phi) is 3.83. The molecule has 2 N–H and O–H groups in total. The molecule has 5 heteroatoms. The first kappa shape index (κ1) is 12.1. The normalized spacial score (nSPS) is 10.5. The van der Waals surface area contributed by atoms with Crippen molar-refractivity contribution in [1.82, 2.24) is 0 Å². The van der Waals surface area contributed by atoms with E-state index in [2.05, 4.69) is 0 Å². The first-order chi connectivity index (χ1) is 6.93. The lowest BCUT2D eigenvalue weighted by molar-refractivity contribution is 0.0379. The van der Waals surface area contributed by atoms with E-state index in [9.17, 15) is 4.79 Å². The molecular weight excluding hydrogens is 237 g/mol. The van der Waals surface area contributed by atoms with Crippen LogP contribution in [0.1, 0.15) is 24.2 Å². The number of nitrogens with two attached hydrogens (primary N) is 1. The predicted octanol–water partition coefficient (Wildman–Crippen LogP) is 3.14. The highest BCUT2D eigenvalue weighted by molar-refractivity contribution is 6.44. The molecule has 1 rings (SSSR count). The largest absolute Gasteiger partial charge is 0.459 e. The summed E-state index contributed by atoms with van der Waals surface area (Å²) in [5, 5.41) is 0.491. The zero-order chi connectivity index (χ0) is 11.6. The molecular formula is C10H11Cl2NO2. The number of benzene rings is 1. The molecule has 82 valence electrons. The highest BCUT2D eigenvalue weighted by atomic mass is 35.5. The van der Waals surface area contributed by atoms with Gasteiger partial charge in [-0.25, -0.2) is 4.79 Å². The number of rotatable bonds is 2. The first-order valence-electron chi connectivity index (χ1n) is 4.38. The maximum atomic E-state index is 11.5. The summed E-state index contributed by atoms with van der Waals surface area (Å²) in [6.07, 6.45) is -0.202. The average Bonchev–Trinajstić information content (AvgIpc) is 2.13. The fraction of sp³-hybridized carbons (Fsp3) is 0.300. The second kappa shape index (κ2) is 4.73. The highest BCUT2D eigenvalue weighted by Crippen LogP contribution is 2.31. The number of anilines is 1. The topological polar surface area (TPSA) is 52.3 Å². The number of hydrogen-bond acceptors (Lipinski definition) is 3. The third kappa shape index (κ3) is 2.76. The zero-order valence-electron chi connectivity index (χ0n) is 8.38. The molecule has 0 amide bonds. The van der Waals surface area contributed by atoms with E-state index >= 15 is 0 Å². The van der Waals surface area contributed by atoms with Gasteiger partial charge in [0.15, 0.2) is 0 Å². The molecule has 15 heavy (non-hydrogen) atoms. The Morgan fingerprint density at radius 2 is 2.00 bits per heavy atom. The fourth-order valence-electron chi connectivity index (χ4n) is 1.02. The smallest absolute Gasteiger partial charge is 0.340 e. The Bertz CT molecular complexity index is 391. The molecule has 1 aromatic rings. The van der Waals surface area contributed by atoms with Crippen LogP contribution < -0.4 is 5.73 Å². The van der Waals surface area contributed by atoms with Crippen LogP contribution in [-0.2, 0) is 4.74 Å². The van der Waals surface area contributed by atoms with Crippen LogP contribution in [0.5, 0.6) is 0 Å². The van der Waals surface area contributed by atoms with Crippen LogP contribution in [0.3, 0.4) is 0 Å². The Labute approximate surface area is 98.1 Å². The minimum atomic E-state index is -0.499. The summed E-state index contributed by atoms with van der Waals surface area (Å²) in [5.41, 5.74) is 6.03. The van der Waals surface area contributed by atoms with Crippen molar-refractivity contribution >= 4 is 34.9 Å². The molecule has 0 spiro atoms. The minimum Gasteiger partial charge on any atom is -0.459 e. The van der Waals surface area contributed by atoms with Gasteiger partial charge in [0.05, 0.1) is 27.4 Å². The molecule has 1 aromatic carbocycles. The van der Waals surface area contributed by atoms with Gasteiger partial charge in [-0.3, -0.25) is 0 Å². The van der Waals surface area contributed by atoms with Crippen LogP contribution in [0, 0.1) is 0 Å². The zero-order valence-corrected chi connectivity index (χ0v) is 9.89. The molecule has 0 radical (unpaired) electrons. The van der Waals surface area contributed by atoms with Crippen LogP contribution in [0.15, 0.2) is 12.1 Å². The molecule has 0 atom stereocenters. The Morgan fingerprint density at radius 3 is 2.53 bits per heavy atom. The Morgan fingerprint density at radius 1 is 1.40 bits per heavy atom. The van der Waals surface area contributed by atoms with Gasteiger partial charge in [0.2, 0.25) is 0 Å². The standard InChI is InChI=1S/C10H11Cl2NO2/c1-5(2)15-10(14)6-3-4-7(11)8(12)9(6)13/h3-5H,13H2,1-2H3. The van der Waals surface area contributed by atoms with E-state index in [-0.39, 0.29) is 22.4 Å². The molecule has 0 saturated heterocycles. The van der Waals surface area contributed by atoms with Gasteiger partial charge in [-0.1, -0.05) is 23.2 Å². The van der Waals surface area contributed by atoms with Crippen molar-refractivity contribution in [3.8, 4) is 0 Å². The molecule has 0 aliphatic carbocycles. The molecule has 0 saturated carbocycles. The van der Waals surface area contributed by atoms with Gasteiger partial charge in [-0.2, -0.15) is 0 Å². The second-order valence-electron chi connectivity index (χ2n) is 3.28. The van der Waals surface area contributed by atoms with E-state index in [4.69, 9.17) is 33.7 Å². The third-order valence-electron chi connectivity index (χ3n) is 1.70. The van der Waals surface area contributed by atoms with E-state index in [0.29, 0.717) is 5.02 Å². The van der Waals surface area contributed by atoms with Gasteiger partial charge >= 0.3 is 5.97 Å². The van der Waals surface area contributed by atoms with Gasteiger partial charge in [0.25, 0.3) is 0 Å². The van der Waals surface area contributed by atoms with E-state index in [1.807, 2.05) is 0 Å². The summed E-state index contributed by atoms with van der Waals surface area (Å²) in [5.74, 6) is -0.499. The first-order valence-corrected chi connectivity index (χ1v) is 5.13. The van der Waals surface area contributed by atoms with Crippen molar-refractivity contribution in [2.45, 2.75) is 20.0 Å². The van der Waals surface area contributed by atoms with Crippen LogP contribution in [0.4, 0.5) is 5.69 Å². The van der Waals surface area contributed by atoms with Crippen molar-refractivity contribution in [3.63, 3.8) is 0 Å². The molecule has 0 aliphatic rings. The predicted molar refractivity (Wildman–Crippen MR) is 61.4 cm³/mol. The summed E-state index contributed by atoms with van der Waals surface area (Å²) >= 11 is 11.5. The fourth-order valence-corrected chi connectivity index (χ4v) is 1.35. The van der Waals surface area contributed by atoms with E-state index in [1.54, 1.807) is 13.8 Å². The third-order valence-corrected chi connectivity index (χ3v) is 2.51. The second-order valence-corrected chi connectivity index (χ2v) is 4.06. The SMILES string of the molecule is CC(C)OC(=O)c1ccc(Cl)c(Cl)c1N. The number of carbonyl (C=O) groups excluding carboxylic acids is 1. The quantitative estimate of drug-likeness (QED) is 0.646. The van der Waals surface area contributed by atoms with E-state index < -0.39 is 5.97 Å². The number of carbonyl (C=O) groups is 1. The van der Waals surface area contributed by atoms with Gasteiger partial charge < -0.3 is 10.5 Å². The van der Waals surface area contributed by atoms with Crippen molar-refractivity contribution in [1.29, 1.82) is 0 Å². The lowest BCUT2D eigenvalue weighted by atomic mass is 10.2. The molecule has 0 aliphatic heterocycles. The number of halogens is 2. The number of esters is 1. The van der Waals surface area contributed by atoms with Crippen molar-refractivity contribution in [2.75, 3.05) is 5.73 Å². The minimum absolute atomic E-state index is 0.148. The summed E-state index contributed by atoms with van der Waals surface area (Å²) in [6, 6.07) is 3.01. The number of ether oxygens (including phenoxy) is 1. The van der Waals surface area contributed by atoms with Crippen LogP contribution in [0.2, 0.25) is 10.0 Å². The Balaban J connectivity index is 3.06. The van der Waals surface area contributed by atoms with Crippen molar-refractivity contribution in [2.24, 2.45) is 0 Å². The molecule has 0 heterocycles. The van der Waals surface area contributed by atoms with Gasteiger partial charge in [0, 0.05) is 0 Å². The molecule has 3 nitrogen and oxygen atoms in total. The summed E-state index contributed by atoms with van der Waals surface area (Å²) in [6.45, 7) is 3.51.